The number of sulfone groups is 1. The lowest BCUT2D eigenvalue weighted by Gasteiger charge is -2.23. The normalized spacial score (nSPS) is 15.6. The summed E-state index contributed by atoms with van der Waals surface area (Å²) in [6, 6.07) is -0.0644. The minimum Gasteiger partial charge on any atom is -0.312 e. The van der Waals surface area contributed by atoms with Gasteiger partial charge in [-0.2, -0.15) is 0 Å². The number of thiazole rings is 1. The van der Waals surface area contributed by atoms with Crippen molar-refractivity contribution in [2.24, 2.45) is 0 Å². The fraction of sp³-hybridized carbons (Fsp3) is 0.750. The Morgan fingerprint density at radius 3 is 2.61 bits per heavy atom. The Morgan fingerprint density at radius 2 is 2.17 bits per heavy atom. The van der Waals surface area contributed by atoms with E-state index in [4.69, 9.17) is 0 Å². The molecule has 1 aromatic rings. The maximum absolute atomic E-state index is 11.7. The van der Waals surface area contributed by atoms with Crippen LogP contribution in [-0.2, 0) is 16.3 Å². The lowest BCUT2D eigenvalue weighted by atomic mass is 10.1. The summed E-state index contributed by atoms with van der Waals surface area (Å²) in [5, 5.41) is 5.92. The van der Waals surface area contributed by atoms with Gasteiger partial charge >= 0.3 is 0 Å². The molecular formula is C12H22N2O2S2. The zero-order valence-electron chi connectivity index (χ0n) is 11.4. The molecule has 1 aromatic heterocycles. The first kappa shape index (κ1) is 15.6. The van der Waals surface area contributed by atoms with Gasteiger partial charge in [-0.05, 0) is 26.8 Å². The molecule has 0 saturated carbocycles. The highest BCUT2D eigenvalue weighted by atomic mass is 32.2. The summed E-state index contributed by atoms with van der Waals surface area (Å²) in [4.78, 5) is 4.41. The van der Waals surface area contributed by atoms with Gasteiger partial charge in [-0.3, -0.25) is 0 Å². The molecule has 0 fully saturated rings. The molecule has 0 saturated heterocycles. The number of rotatable bonds is 7. The molecule has 18 heavy (non-hydrogen) atoms. The summed E-state index contributed by atoms with van der Waals surface area (Å²) >= 11 is 1.59. The summed E-state index contributed by atoms with van der Waals surface area (Å²) < 4.78 is 23.3. The van der Waals surface area contributed by atoms with Crippen molar-refractivity contribution >= 4 is 21.2 Å². The van der Waals surface area contributed by atoms with E-state index in [-0.39, 0.29) is 6.04 Å². The van der Waals surface area contributed by atoms with Crippen LogP contribution in [0.25, 0.3) is 0 Å². The Kier molecular flexibility index (Phi) is 5.75. The molecular weight excluding hydrogens is 268 g/mol. The highest BCUT2D eigenvalue weighted by Crippen LogP contribution is 2.15. The predicted octanol–water partition coefficient (Wildman–Crippen LogP) is 1.80. The summed E-state index contributed by atoms with van der Waals surface area (Å²) in [6.45, 7) is 6.62. The van der Waals surface area contributed by atoms with Crippen molar-refractivity contribution in [2.75, 3.05) is 12.8 Å². The molecule has 1 rings (SSSR count). The highest BCUT2D eigenvalue weighted by molar-refractivity contribution is 7.91. The summed E-state index contributed by atoms with van der Waals surface area (Å²) in [5.74, 6) is 0. The molecule has 104 valence electrons. The summed E-state index contributed by atoms with van der Waals surface area (Å²) in [7, 11) is -3.03. The van der Waals surface area contributed by atoms with E-state index in [1.165, 1.54) is 6.26 Å². The van der Waals surface area contributed by atoms with E-state index in [9.17, 15) is 8.42 Å². The number of nitrogens with one attached hydrogen (secondary N) is 1. The molecule has 0 amide bonds. The predicted molar refractivity (Wildman–Crippen MR) is 76.9 cm³/mol. The van der Waals surface area contributed by atoms with Crippen LogP contribution in [-0.4, -0.2) is 37.5 Å². The molecule has 2 unspecified atom stereocenters. The molecule has 2 atom stereocenters. The lowest BCUT2D eigenvalue weighted by Crippen LogP contribution is -2.44. The fourth-order valence-corrected chi connectivity index (χ4v) is 3.34. The lowest BCUT2D eigenvalue weighted by molar-refractivity contribution is 0.481. The third-order valence-electron chi connectivity index (χ3n) is 2.96. The van der Waals surface area contributed by atoms with E-state index in [2.05, 4.69) is 17.2 Å². The van der Waals surface area contributed by atoms with Crippen molar-refractivity contribution in [3.63, 3.8) is 0 Å². The molecule has 0 radical (unpaired) electrons. The van der Waals surface area contributed by atoms with E-state index >= 15 is 0 Å². The van der Waals surface area contributed by atoms with E-state index in [1.54, 1.807) is 18.3 Å². The average Bonchev–Trinajstić information content (AvgIpc) is 2.68. The van der Waals surface area contributed by atoms with Gasteiger partial charge in [0.2, 0.25) is 0 Å². The highest BCUT2D eigenvalue weighted by Gasteiger charge is 2.26. The number of aryl methyl sites for hydroxylation is 1. The summed E-state index contributed by atoms with van der Waals surface area (Å²) in [6.07, 6.45) is 2.96. The van der Waals surface area contributed by atoms with Crippen LogP contribution in [0, 0.1) is 6.92 Å². The van der Waals surface area contributed by atoms with Gasteiger partial charge in [-0.1, -0.05) is 6.92 Å². The van der Waals surface area contributed by atoms with Gasteiger partial charge in [-0.25, -0.2) is 13.4 Å². The van der Waals surface area contributed by atoms with Gasteiger partial charge in [0.15, 0.2) is 9.84 Å². The van der Waals surface area contributed by atoms with Gasteiger partial charge in [0.1, 0.15) is 0 Å². The largest absolute Gasteiger partial charge is 0.312 e. The minimum absolute atomic E-state index is 0.0644. The topological polar surface area (TPSA) is 59.1 Å². The Labute approximate surface area is 114 Å². The standard InChI is InChI=1S/C12H22N2O2S2/c1-5-6-13-11(10(3)18(4,15)16)7-12-14-9(2)8-17-12/h8,10-11,13H,5-7H2,1-4H3. The van der Waals surface area contributed by atoms with Crippen LogP contribution in [0.15, 0.2) is 5.38 Å². The van der Waals surface area contributed by atoms with Crippen molar-refractivity contribution in [1.29, 1.82) is 0 Å². The van der Waals surface area contributed by atoms with Crippen LogP contribution in [0.4, 0.5) is 0 Å². The van der Waals surface area contributed by atoms with E-state index in [0.717, 1.165) is 23.7 Å². The maximum Gasteiger partial charge on any atom is 0.151 e. The van der Waals surface area contributed by atoms with Crippen molar-refractivity contribution in [3.05, 3.63) is 16.1 Å². The van der Waals surface area contributed by atoms with E-state index in [1.807, 2.05) is 12.3 Å². The number of hydrogen-bond acceptors (Lipinski definition) is 5. The van der Waals surface area contributed by atoms with Gasteiger partial charge in [-0.15, -0.1) is 11.3 Å². The van der Waals surface area contributed by atoms with Crippen LogP contribution in [0.1, 0.15) is 31.0 Å². The molecule has 0 aromatic carbocycles. The monoisotopic (exact) mass is 290 g/mol. The first-order valence-electron chi connectivity index (χ1n) is 6.17. The molecule has 0 aliphatic rings. The smallest absolute Gasteiger partial charge is 0.151 e. The summed E-state index contributed by atoms with van der Waals surface area (Å²) in [5.41, 5.74) is 0.997. The van der Waals surface area contributed by atoms with Crippen LogP contribution in [0.2, 0.25) is 0 Å². The Balaban J connectivity index is 2.78. The molecule has 0 aliphatic carbocycles. The van der Waals surface area contributed by atoms with Crippen LogP contribution >= 0.6 is 11.3 Å². The van der Waals surface area contributed by atoms with Crippen LogP contribution < -0.4 is 5.32 Å². The molecule has 4 nitrogen and oxygen atoms in total. The van der Waals surface area contributed by atoms with Gasteiger partial charge in [0.05, 0.1) is 10.3 Å². The third kappa shape index (κ3) is 4.66. The van der Waals surface area contributed by atoms with Gasteiger partial charge in [0, 0.05) is 29.8 Å². The SMILES string of the molecule is CCCNC(Cc1nc(C)cs1)C(C)S(C)(=O)=O. The zero-order chi connectivity index (χ0) is 13.8. The first-order valence-corrected chi connectivity index (χ1v) is 9.01. The van der Waals surface area contributed by atoms with Gasteiger partial charge < -0.3 is 5.32 Å². The Bertz CT molecular complexity index is 468. The fourth-order valence-electron chi connectivity index (χ4n) is 1.72. The average molecular weight is 290 g/mol. The maximum atomic E-state index is 11.7. The van der Waals surface area contributed by atoms with Crippen LogP contribution in [0.3, 0.4) is 0 Å². The number of hydrogen-bond donors (Lipinski definition) is 1. The molecule has 1 N–H and O–H groups in total. The number of aromatic nitrogens is 1. The van der Waals surface area contributed by atoms with Crippen molar-refractivity contribution in [3.8, 4) is 0 Å². The van der Waals surface area contributed by atoms with E-state index < -0.39 is 15.1 Å². The molecule has 0 aliphatic heterocycles. The molecule has 6 heteroatoms. The Hall–Kier alpha value is -0.460. The van der Waals surface area contributed by atoms with Crippen molar-refractivity contribution in [2.45, 2.75) is 44.9 Å². The second kappa shape index (κ2) is 6.63. The second-order valence-corrected chi connectivity index (χ2v) is 8.03. The first-order chi connectivity index (χ1) is 8.34. The van der Waals surface area contributed by atoms with Crippen LogP contribution in [0.5, 0.6) is 0 Å². The third-order valence-corrected chi connectivity index (χ3v) is 5.63. The number of nitrogens with zero attached hydrogens (tertiary/aromatic N) is 1. The Morgan fingerprint density at radius 1 is 1.50 bits per heavy atom. The molecule has 0 bridgehead atoms. The van der Waals surface area contributed by atoms with E-state index in [0.29, 0.717) is 6.42 Å². The van der Waals surface area contributed by atoms with Crippen molar-refractivity contribution < 1.29 is 8.42 Å². The molecule has 0 spiro atoms. The second-order valence-electron chi connectivity index (χ2n) is 4.68. The van der Waals surface area contributed by atoms with Gasteiger partial charge in [0.25, 0.3) is 0 Å². The molecule has 1 heterocycles. The minimum atomic E-state index is -3.03. The zero-order valence-corrected chi connectivity index (χ0v) is 13.1. The quantitative estimate of drug-likeness (QED) is 0.832. The van der Waals surface area contributed by atoms with Crippen molar-refractivity contribution in [1.82, 2.24) is 10.3 Å².